The molecular formula is C13H15BrFN3O2S. The normalized spacial score (nSPS) is 29.8. The van der Waals surface area contributed by atoms with E-state index in [1.54, 1.807) is 6.92 Å². The Bertz CT molecular complexity index is 746. The largest absolute Gasteiger partial charge is 0.386 e. The number of amidine groups is 1. The number of hydrogen-bond acceptors (Lipinski definition) is 5. The fraction of sp³-hybridized carbons (Fsp3) is 0.538. The van der Waals surface area contributed by atoms with Crippen LogP contribution in [0.3, 0.4) is 0 Å². The molecule has 0 aromatic carbocycles. The van der Waals surface area contributed by atoms with Gasteiger partial charge in [0.2, 0.25) is 5.95 Å². The number of sulfone groups is 1. The van der Waals surface area contributed by atoms with Gasteiger partial charge in [-0.2, -0.15) is 4.39 Å². The maximum atomic E-state index is 14.0. The van der Waals surface area contributed by atoms with Crippen molar-refractivity contribution in [3.8, 4) is 0 Å². The summed E-state index contributed by atoms with van der Waals surface area (Å²) in [5.74, 6) is -0.880. The summed E-state index contributed by atoms with van der Waals surface area (Å²) in [6.45, 7) is 1.58. The monoisotopic (exact) mass is 375 g/mol. The lowest BCUT2D eigenvalue weighted by molar-refractivity contribution is 0.386. The second kappa shape index (κ2) is 4.49. The molecule has 3 rings (SSSR count). The molecule has 1 fully saturated rings. The maximum absolute atomic E-state index is 14.0. The molecule has 1 atom stereocenters. The van der Waals surface area contributed by atoms with Gasteiger partial charge >= 0.3 is 0 Å². The Kier molecular flexibility index (Phi) is 3.18. The van der Waals surface area contributed by atoms with Gasteiger partial charge in [0.1, 0.15) is 16.1 Å². The van der Waals surface area contributed by atoms with E-state index in [4.69, 9.17) is 5.73 Å². The molecule has 8 heteroatoms. The number of aliphatic imine (C=N–C) groups is 1. The summed E-state index contributed by atoms with van der Waals surface area (Å²) in [6, 6.07) is 1.51. The highest BCUT2D eigenvalue weighted by atomic mass is 79.9. The van der Waals surface area contributed by atoms with Crippen LogP contribution in [0.25, 0.3) is 0 Å². The van der Waals surface area contributed by atoms with E-state index in [9.17, 15) is 12.8 Å². The average molecular weight is 376 g/mol. The van der Waals surface area contributed by atoms with E-state index < -0.39 is 26.1 Å². The molecule has 0 radical (unpaired) electrons. The van der Waals surface area contributed by atoms with Crippen molar-refractivity contribution >= 4 is 31.6 Å². The van der Waals surface area contributed by atoms with Crippen LogP contribution in [-0.2, 0) is 15.4 Å². The van der Waals surface area contributed by atoms with E-state index in [0.29, 0.717) is 17.3 Å². The lowest BCUT2D eigenvalue weighted by Gasteiger charge is -2.46. The van der Waals surface area contributed by atoms with Crippen LogP contribution in [0.15, 0.2) is 21.7 Å². The number of pyridine rings is 1. The Labute approximate surface area is 130 Å². The zero-order valence-corrected chi connectivity index (χ0v) is 13.8. The van der Waals surface area contributed by atoms with Gasteiger partial charge in [-0.25, -0.2) is 13.4 Å². The quantitative estimate of drug-likeness (QED) is 0.759. The number of nitrogens with zero attached hydrogens (tertiary/aromatic N) is 2. The predicted octanol–water partition coefficient (Wildman–Crippen LogP) is 1.91. The molecule has 2 heterocycles. The van der Waals surface area contributed by atoms with E-state index in [-0.39, 0.29) is 17.2 Å². The number of rotatable bonds is 1. The lowest BCUT2D eigenvalue weighted by atomic mass is 9.82. The topological polar surface area (TPSA) is 85.4 Å². The van der Waals surface area contributed by atoms with Crippen LogP contribution >= 0.6 is 15.9 Å². The Balaban J connectivity index is 2.17. The van der Waals surface area contributed by atoms with Gasteiger partial charge in [-0.05, 0) is 48.2 Å². The Morgan fingerprint density at radius 2 is 2.10 bits per heavy atom. The van der Waals surface area contributed by atoms with Crippen molar-refractivity contribution in [2.24, 2.45) is 10.7 Å². The van der Waals surface area contributed by atoms with Crippen molar-refractivity contribution in [2.45, 2.75) is 36.5 Å². The van der Waals surface area contributed by atoms with Crippen molar-refractivity contribution in [1.29, 1.82) is 0 Å². The van der Waals surface area contributed by atoms with Gasteiger partial charge in [0, 0.05) is 16.2 Å². The summed E-state index contributed by atoms with van der Waals surface area (Å²) in [4.78, 5) is 8.00. The van der Waals surface area contributed by atoms with Gasteiger partial charge in [-0.15, -0.1) is 0 Å². The predicted molar refractivity (Wildman–Crippen MR) is 81.2 cm³/mol. The first kappa shape index (κ1) is 14.9. The SMILES string of the molecule is C[C@@]1(c2cc(Br)cnc2F)CS(=O)(=O)C2(CCC2)C(N)=N1. The molecule has 0 amide bonds. The minimum absolute atomic E-state index is 0.0990. The van der Waals surface area contributed by atoms with Crippen LogP contribution in [0, 0.1) is 5.95 Å². The maximum Gasteiger partial charge on any atom is 0.218 e. The summed E-state index contributed by atoms with van der Waals surface area (Å²) in [5.41, 5.74) is 4.86. The summed E-state index contributed by atoms with van der Waals surface area (Å²) in [5, 5.41) is 0. The highest BCUT2D eigenvalue weighted by Gasteiger charge is 2.58. The molecule has 1 aromatic heterocycles. The number of nitrogens with two attached hydrogens (primary N) is 1. The second-order valence-electron chi connectivity index (χ2n) is 5.87. The zero-order valence-electron chi connectivity index (χ0n) is 11.4. The van der Waals surface area contributed by atoms with Crippen LogP contribution in [0.1, 0.15) is 31.7 Å². The molecular weight excluding hydrogens is 361 g/mol. The number of aromatic nitrogens is 1. The highest BCUT2D eigenvalue weighted by Crippen LogP contribution is 2.47. The minimum Gasteiger partial charge on any atom is -0.386 e. The van der Waals surface area contributed by atoms with Crippen LogP contribution in [0.4, 0.5) is 4.39 Å². The summed E-state index contributed by atoms with van der Waals surface area (Å²) in [7, 11) is -3.49. The van der Waals surface area contributed by atoms with E-state index in [2.05, 4.69) is 25.9 Å². The molecule has 2 aliphatic rings. The third kappa shape index (κ3) is 2.03. The van der Waals surface area contributed by atoms with Gasteiger partial charge < -0.3 is 5.73 Å². The van der Waals surface area contributed by atoms with Gasteiger partial charge in [-0.3, -0.25) is 4.99 Å². The molecule has 1 aromatic rings. The summed E-state index contributed by atoms with van der Waals surface area (Å²) < 4.78 is 38.9. The van der Waals surface area contributed by atoms with Crippen LogP contribution in [0.5, 0.6) is 0 Å². The van der Waals surface area contributed by atoms with Crippen molar-refractivity contribution in [1.82, 2.24) is 4.98 Å². The van der Waals surface area contributed by atoms with Crippen LogP contribution < -0.4 is 5.73 Å². The van der Waals surface area contributed by atoms with Crippen molar-refractivity contribution in [2.75, 3.05) is 5.75 Å². The highest BCUT2D eigenvalue weighted by molar-refractivity contribution is 9.10. The number of hydrogen-bond donors (Lipinski definition) is 1. The molecule has 1 aliphatic heterocycles. The molecule has 1 saturated carbocycles. The third-order valence-electron chi connectivity index (χ3n) is 4.45. The molecule has 21 heavy (non-hydrogen) atoms. The van der Waals surface area contributed by atoms with E-state index >= 15 is 0 Å². The molecule has 1 aliphatic carbocycles. The van der Waals surface area contributed by atoms with Crippen LogP contribution in [0.2, 0.25) is 0 Å². The Morgan fingerprint density at radius 3 is 2.62 bits per heavy atom. The fourth-order valence-corrected chi connectivity index (χ4v) is 5.91. The summed E-state index contributed by atoms with van der Waals surface area (Å²) >= 11 is 3.22. The molecule has 0 saturated heterocycles. The molecule has 1 spiro atoms. The van der Waals surface area contributed by atoms with Gasteiger partial charge in [0.05, 0.1) is 5.75 Å². The smallest absolute Gasteiger partial charge is 0.218 e. The van der Waals surface area contributed by atoms with Gasteiger partial charge in [0.15, 0.2) is 9.84 Å². The van der Waals surface area contributed by atoms with Gasteiger partial charge in [-0.1, -0.05) is 0 Å². The van der Waals surface area contributed by atoms with E-state index in [1.165, 1.54) is 12.3 Å². The molecule has 0 bridgehead atoms. The molecule has 114 valence electrons. The van der Waals surface area contributed by atoms with Crippen molar-refractivity contribution in [3.63, 3.8) is 0 Å². The lowest BCUT2D eigenvalue weighted by Crippen LogP contribution is -2.61. The average Bonchev–Trinajstić information content (AvgIpc) is 2.27. The number of halogens is 2. The first-order chi connectivity index (χ1) is 9.70. The third-order valence-corrected chi connectivity index (χ3v) is 7.63. The Morgan fingerprint density at radius 1 is 1.43 bits per heavy atom. The molecule has 5 nitrogen and oxygen atoms in total. The van der Waals surface area contributed by atoms with E-state index in [1.807, 2.05) is 0 Å². The molecule has 2 N–H and O–H groups in total. The standard InChI is InChI=1S/C13H15BrFN3O2S/c1-12(9-5-8(14)6-17-10(9)15)7-21(19,20)13(3-2-4-13)11(16)18-12/h5-6H,2-4,7H2,1H3,(H2,16,18)/t12-/m0/s1. The molecule has 0 unspecified atom stereocenters. The van der Waals surface area contributed by atoms with Gasteiger partial charge in [0.25, 0.3) is 0 Å². The van der Waals surface area contributed by atoms with E-state index in [0.717, 1.165) is 6.42 Å². The van der Waals surface area contributed by atoms with Crippen LogP contribution in [-0.4, -0.2) is 29.7 Å². The first-order valence-corrected chi connectivity index (χ1v) is 9.04. The van der Waals surface area contributed by atoms with Crippen molar-refractivity contribution < 1.29 is 12.8 Å². The Hall–Kier alpha value is -1.02. The fourth-order valence-electron chi connectivity index (χ4n) is 3.07. The van der Waals surface area contributed by atoms with Crippen molar-refractivity contribution in [3.05, 3.63) is 28.2 Å². The summed E-state index contributed by atoms with van der Waals surface area (Å²) in [6.07, 6.45) is 3.14. The minimum atomic E-state index is -3.49. The first-order valence-electron chi connectivity index (χ1n) is 6.60. The second-order valence-corrected chi connectivity index (χ2v) is 9.09. The zero-order chi connectivity index (χ0) is 15.5.